The van der Waals surface area contributed by atoms with Gasteiger partial charge in [-0.3, -0.25) is 4.79 Å². The molecule has 1 aliphatic carbocycles. The summed E-state index contributed by atoms with van der Waals surface area (Å²) in [5, 5.41) is 2.65. The molecule has 1 fully saturated rings. The summed E-state index contributed by atoms with van der Waals surface area (Å²) in [4.78, 5) is 11.9. The molecule has 1 saturated carbocycles. The van der Waals surface area contributed by atoms with Crippen molar-refractivity contribution in [1.82, 2.24) is 4.72 Å². The highest BCUT2D eigenvalue weighted by atomic mass is 32.2. The smallest absolute Gasteiger partial charge is 0.241 e. The summed E-state index contributed by atoms with van der Waals surface area (Å²) >= 11 is 0. The lowest BCUT2D eigenvalue weighted by molar-refractivity contribution is -0.113. The molecule has 0 saturated heterocycles. The number of aryl methyl sites for hydroxylation is 1. The number of para-hydroxylation sites is 1. The van der Waals surface area contributed by atoms with Crippen LogP contribution in [0.4, 0.5) is 5.69 Å². The molecule has 0 spiro atoms. The van der Waals surface area contributed by atoms with Gasteiger partial charge in [0, 0.05) is 11.7 Å². The number of carbonyl (C=O) groups is 1. The molecule has 0 atom stereocenters. The number of hydrogen-bond donors (Lipinski definition) is 2. The van der Waals surface area contributed by atoms with Crippen LogP contribution in [0.5, 0.6) is 0 Å². The molecule has 2 N–H and O–H groups in total. The molecule has 0 heterocycles. The Kier molecular flexibility index (Phi) is 5.58. The lowest BCUT2D eigenvalue weighted by Gasteiger charge is -2.26. The molecule has 5 nitrogen and oxygen atoms in total. The summed E-state index contributed by atoms with van der Waals surface area (Å²) in [5.74, 6) is -0.385. The van der Waals surface area contributed by atoms with Crippen LogP contribution in [0.15, 0.2) is 24.3 Å². The quantitative estimate of drug-likeness (QED) is 0.873. The molecule has 22 heavy (non-hydrogen) atoms. The first-order chi connectivity index (χ1) is 10.4. The van der Waals surface area contributed by atoms with Gasteiger partial charge in [-0.2, -0.15) is 0 Å². The number of rotatable bonds is 5. The van der Waals surface area contributed by atoms with Crippen LogP contribution in [0.3, 0.4) is 0 Å². The first kappa shape index (κ1) is 17.0. The number of anilines is 1. The molecule has 0 radical (unpaired) electrons. The van der Waals surface area contributed by atoms with E-state index in [-0.39, 0.29) is 6.04 Å². The van der Waals surface area contributed by atoms with Crippen molar-refractivity contribution in [3.8, 4) is 0 Å². The van der Waals surface area contributed by atoms with Crippen LogP contribution in [-0.4, -0.2) is 26.1 Å². The van der Waals surface area contributed by atoms with Crippen LogP contribution in [0.1, 0.15) is 38.2 Å². The molecule has 1 aliphatic rings. The average molecular weight is 324 g/mol. The Morgan fingerprint density at radius 1 is 1.18 bits per heavy atom. The number of nitrogens with one attached hydrogen (secondary N) is 2. The fourth-order valence-electron chi connectivity index (χ4n) is 2.75. The first-order valence-corrected chi connectivity index (χ1v) is 9.36. The third kappa shape index (κ3) is 5.10. The van der Waals surface area contributed by atoms with Gasteiger partial charge in [0.05, 0.1) is 0 Å². The van der Waals surface area contributed by atoms with E-state index in [0.29, 0.717) is 11.6 Å². The van der Waals surface area contributed by atoms with Crippen LogP contribution >= 0.6 is 0 Å². The van der Waals surface area contributed by atoms with Crippen LogP contribution in [0.25, 0.3) is 0 Å². The lowest BCUT2D eigenvalue weighted by Crippen LogP contribution is -2.41. The number of benzene rings is 1. The molecule has 1 aromatic rings. The van der Waals surface area contributed by atoms with Crippen molar-refractivity contribution in [2.75, 3.05) is 11.1 Å². The van der Waals surface area contributed by atoms with E-state index in [9.17, 15) is 13.2 Å². The highest BCUT2D eigenvalue weighted by Gasteiger charge is 2.24. The minimum Gasteiger partial charge on any atom is -0.325 e. The summed E-state index contributed by atoms with van der Waals surface area (Å²) in [6.45, 7) is 4.05. The van der Waals surface area contributed by atoms with Gasteiger partial charge >= 0.3 is 0 Å². The summed E-state index contributed by atoms with van der Waals surface area (Å²) in [7, 11) is -3.59. The Hall–Kier alpha value is -1.40. The highest BCUT2D eigenvalue weighted by Crippen LogP contribution is 2.23. The number of hydrogen-bond acceptors (Lipinski definition) is 3. The van der Waals surface area contributed by atoms with Crippen molar-refractivity contribution in [1.29, 1.82) is 0 Å². The molecule has 1 amide bonds. The molecule has 0 unspecified atom stereocenters. The number of sulfonamides is 1. The molecule has 0 bridgehead atoms. The van der Waals surface area contributed by atoms with Gasteiger partial charge in [-0.1, -0.05) is 25.1 Å². The minimum atomic E-state index is -3.59. The second-order valence-electron chi connectivity index (χ2n) is 6.20. The Balaban J connectivity index is 1.88. The van der Waals surface area contributed by atoms with Crippen LogP contribution < -0.4 is 10.0 Å². The molecular formula is C16H24N2O3S. The Labute approximate surface area is 132 Å². The molecular weight excluding hydrogens is 300 g/mol. The van der Waals surface area contributed by atoms with E-state index in [0.717, 1.165) is 31.2 Å². The molecule has 1 aromatic carbocycles. The lowest BCUT2D eigenvalue weighted by atomic mass is 9.88. The zero-order valence-corrected chi connectivity index (χ0v) is 13.9. The van der Waals surface area contributed by atoms with Crippen molar-refractivity contribution in [3.05, 3.63) is 29.8 Å². The van der Waals surface area contributed by atoms with Crippen LogP contribution in [0, 0.1) is 12.8 Å². The molecule has 6 heteroatoms. The van der Waals surface area contributed by atoms with Crippen LogP contribution in [-0.2, 0) is 14.8 Å². The maximum atomic E-state index is 12.1. The van der Waals surface area contributed by atoms with Crippen molar-refractivity contribution < 1.29 is 13.2 Å². The van der Waals surface area contributed by atoms with Gasteiger partial charge in [-0.15, -0.1) is 0 Å². The second-order valence-corrected chi connectivity index (χ2v) is 7.95. The van der Waals surface area contributed by atoms with Gasteiger partial charge in [-0.25, -0.2) is 13.1 Å². The van der Waals surface area contributed by atoms with E-state index >= 15 is 0 Å². The minimum absolute atomic E-state index is 0.0348. The van der Waals surface area contributed by atoms with Crippen LogP contribution in [0.2, 0.25) is 0 Å². The van der Waals surface area contributed by atoms with E-state index in [2.05, 4.69) is 17.0 Å². The Morgan fingerprint density at radius 3 is 2.45 bits per heavy atom. The van der Waals surface area contributed by atoms with E-state index in [1.165, 1.54) is 0 Å². The molecule has 0 aromatic heterocycles. The zero-order chi connectivity index (χ0) is 16.2. The second kappa shape index (κ2) is 7.24. The average Bonchev–Trinajstić information content (AvgIpc) is 2.43. The highest BCUT2D eigenvalue weighted by molar-refractivity contribution is 7.90. The van der Waals surface area contributed by atoms with Crippen molar-refractivity contribution in [2.24, 2.45) is 5.92 Å². The third-order valence-corrected chi connectivity index (χ3v) is 5.44. The molecule has 0 aliphatic heterocycles. The van der Waals surface area contributed by atoms with Crippen molar-refractivity contribution >= 4 is 21.6 Å². The van der Waals surface area contributed by atoms with E-state index in [1.54, 1.807) is 12.1 Å². The Morgan fingerprint density at radius 2 is 1.82 bits per heavy atom. The standard InChI is InChI=1S/C16H24N2O3S/c1-12-7-9-14(10-8-12)18-22(20,21)11-16(19)17-15-6-4-3-5-13(15)2/h3-6,12,14,18H,7-11H2,1-2H3,(H,17,19). The molecule has 2 rings (SSSR count). The van der Waals surface area contributed by atoms with Gasteiger partial charge < -0.3 is 5.32 Å². The summed E-state index contributed by atoms with van der Waals surface area (Å²) in [5.41, 5.74) is 1.55. The first-order valence-electron chi connectivity index (χ1n) is 7.71. The largest absolute Gasteiger partial charge is 0.325 e. The van der Waals surface area contributed by atoms with Gasteiger partial charge in [0.1, 0.15) is 5.75 Å². The van der Waals surface area contributed by atoms with Gasteiger partial charge in [0.2, 0.25) is 15.9 Å². The number of amides is 1. The maximum Gasteiger partial charge on any atom is 0.241 e. The third-order valence-electron chi connectivity index (χ3n) is 4.10. The zero-order valence-electron chi connectivity index (χ0n) is 13.1. The summed E-state index contributed by atoms with van der Waals surface area (Å²) in [6, 6.07) is 7.26. The van der Waals surface area contributed by atoms with Crippen molar-refractivity contribution in [3.63, 3.8) is 0 Å². The predicted molar refractivity (Wildman–Crippen MR) is 88.2 cm³/mol. The van der Waals surface area contributed by atoms with E-state index in [1.807, 2.05) is 19.1 Å². The van der Waals surface area contributed by atoms with Crippen molar-refractivity contribution in [2.45, 2.75) is 45.6 Å². The summed E-state index contributed by atoms with van der Waals surface area (Å²) < 4.78 is 26.8. The van der Waals surface area contributed by atoms with E-state index in [4.69, 9.17) is 0 Å². The SMILES string of the molecule is Cc1ccccc1NC(=O)CS(=O)(=O)NC1CCC(C)CC1. The summed E-state index contributed by atoms with van der Waals surface area (Å²) in [6.07, 6.45) is 3.75. The molecule has 122 valence electrons. The van der Waals surface area contributed by atoms with Gasteiger partial charge in [0.15, 0.2) is 0 Å². The van der Waals surface area contributed by atoms with E-state index < -0.39 is 21.7 Å². The monoisotopic (exact) mass is 324 g/mol. The maximum absolute atomic E-state index is 12.1. The fourth-order valence-corrected chi connectivity index (χ4v) is 3.99. The van der Waals surface area contributed by atoms with Gasteiger partial charge in [0.25, 0.3) is 0 Å². The predicted octanol–water partition coefficient (Wildman–Crippen LogP) is 2.43. The topological polar surface area (TPSA) is 75.3 Å². The van der Waals surface area contributed by atoms with Gasteiger partial charge in [-0.05, 0) is 50.2 Å². The number of carbonyl (C=O) groups excluding carboxylic acids is 1. The fraction of sp³-hybridized carbons (Fsp3) is 0.562. The normalized spacial score (nSPS) is 22.3. The Bertz CT molecular complexity index is 620.